The molecular weight excluding hydrogens is 298 g/mol. The van der Waals surface area contributed by atoms with Crippen LogP contribution in [0.3, 0.4) is 0 Å². The highest BCUT2D eigenvalue weighted by atomic mass is 35.5. The predicted octanol–water partition coefficient (Wildman–Crippen LogP) is 3.21. The molecule has 1 aromatic rings. The highest BCUT2D eigenvalue weighted by molar-refractivity contribution is 6.32. The highest BCUT2D eigenvalue weighted by Crippen LogP contribution is 2.65. The number of carbonyl (C=O) groups is 2. The van der Waals surface area contributed by atoms with Crippen LogP contribution >= 0.6 is 11.6 Å². The van der Waals surface area contributed by atoms with Crippen molar-refractivity contribution in [1.82, 2.24) is 0 Å². The van der Waals surface area contributed by atoms with E-state index in [1.54, 1.807) is 12.1 Å². The average Bonchev–Trinajstić information content (AvgIpc) is 3.28. The van der Waals surface area contributed by atoms with Gasteiger partial charge in [0.15, 0.2) is 0 Å². The molecule has 0 radical (unpaired) electrons. The molecule has 5 aliphatic rings. The van der Waals surface area contributed by atoms with Gasteiger partial charge < -0.3 is 0 Å². The fourth-order valence-electron chi connectivity index (χ4n) is 5.03. The van der Waals surface area contributed by atoms with Gasteiger partial charge >= 0.3 is 0 Å². The second-order valence-electron chi connectivity index (χ2n) is 7.05. The Morgan fingerprint density at radius 2 is 1.64 bits per heavy atom. The lowest BCUT2D eigenvalue weighted by atomic mass is 9.63. The number of rotatable bonds is 1. The van der Waals surface area contributed by atoms with Crippen LogP contribution in [-0.2, 0) is 9.59 Å². The predicted molar refractivity (Wildman–Crippen MR) is 83.4 cm³/mol. The molecule has 4 heteroatoms. The van der Waals surface area contributed by atoms with Crippen LogP contribution in [0, 0.1) is 42.4 Å². The molecule has 22 heavy (non-hydrogen) atoms. The fraction of sp³-hybridized carbons (Fsp3) is 0.444. The Morgan fingerprint density at radius 1 is 1.05 bits per heavy atom. The summed E-state index contributed by atoms with van der Waals surface area (Å²) in [7, 11) is 0. The molecule has 3 nitrogen and oxygen atoms in total. The molecule has 6 rings (SSSR count). The van der Waals surface area contributed by atoms with E-state index in [9.17, 15) is 9.59 Å². The SMILES string of the molecule is Cc1c(Cl)cccc1N1C(=O)[C@H]2[C@@H]3C=C[C@H]([C@H]4C[C@H]34)[C@@H]2C1=O. The Kier molecular flexibility index (Phi) is 2.35. The van der Waals surface area contributed by atoms with E-state index in [4.69, 9.17) is 11.6 Å². The Bertz CT molecular complexity index is 719. The molecule has 4 aliphatic carbocycles. The first-order valence-electron chi connectivity index (χ1n) is 7.91. The van der Waals surface area contributed by atoms with Crippen LogP contribution in [0.5, 0.6) is 0 Å². The number of imide groups is 1. The molecule has 6 atom stereocenters. The average molecular weight is 314 g/mol. The number of benzene rings is 1. The third-order valence-electron chi connectivity index (χ3n) is 6.14. The minimum Gasteiger partial charge on any atom is -0.274 e. The molecule has 112 valence electrons. The molecule has 2 saturated carbocycles. The molecule has 0 spiro atoms. The van der Waals surface area contributed by atoms with Gasteiger partial charge in [0.1, 0.15) is 0 Å². The Balaban J connectivity index is 1.62. The second-order valence-corrected chi connectivity index (χ2v) is 7.46. The van der Waals surface area contributed by atoms with Gasteiger partial charge in [0.05, 0.1) is 17.5 Å². The quantitative estimate of drug-likeness (QED) is 0.590. The van der Waals surface area contributed by atoms with Crippen LogP contribution in [0.4, 0.5) is 5.69 Å². The Morgan fingerprint density at radius 3 is 2.23 bits per heavy atom. The van der Waals surface area contributed by atoms with Crippen LogP contribution in [0.1, 0.15) is 12.0 Å². The molecule has 1 aliphatic heterocycles. The van der Waals surface area contributed by atoms with Gasteiger partial charge in [-0.05, 0) is 54.7 Å². The maximum atomic E-state index is 13.0. The van der Waals surface area contributed by atoms with E-state index < -0.39 is 0 Å². The zero-order valence-electron chi connectivity index (χ0n) is 12.2. The summed E-state index contributed by atoms with van der Waals surface area (Å²) in [5.41, 5.74) is 1.46. The molecule has 0 aromatic heterocycles. The maximum Gasteiger partial charge on any atom is 0.238 e. The number of carbonyl (C=O) groups excluding carboxylic acids is 2. The third-order valence-corrected chi connectivity index (χ3v) is 6.55. The van der Waals surface area contributed by atoms with E-state index in [0.717, 1.165) is 5.56 Å². The standard InChI is InChI=1S/C18H16ClNO2/c1-8-13(19)3-2-4-14(8)20-17(21)15-9-5-6-10(12-7-11(9)12)16(15)18(20)22/h2-6,9-12,15-16H,7H2,1H3/t9-,10-,11-,12-,15+,16+/m1/s1. The van der Waals surface area contributed by atoms with Crippen molar-refractivity contribution in [1.29, 1.82) is 0 Å². The van der Waals surface area contributed by atoms with Gasteiger partial charge in [-0.2, -0.15) is 0 Å². The summed E-state index contributed by atoms with van der Waals surface area (Å²) >= 11 is 6.18. The number of hydrogen-bond donors (Lipinski definition) is 0. The number of hydrogen-bond acceptors (Lipinski definition) is 2. The minimum absolute atomic E-state index is 0.0231. The lowest BCUT2D eigenvalue weighted by molar-refractivity contribution is -0.124. The normalized spacial score (nSPS) is 40.9. The van der Waals surface area contributed by atoms with Crippen LogP contribution in [0.25, 0.3) is 0 Å². The summed E-state index contributed by atoms with van der Waals surface area (Å²) in [6, 6.07) is 5.42. The van der Waals surface area contributed by atoms with E-state index in [1.807, 2.05) is 13.0 Å². The van der Waals surface area contributed by atoms with Crippen LogP contribution in [-0.4, -0.2) is 11.8 Å². The molecule has 0 unspecified atom stereocenters. The summed E-state index contributed by atoms with van der Waals surface area (Å²) < 4.78 is 0. The van der Waals surface area contributed by atoms with Crippen molar-refractivity contribution < 1.29 is 9.59 Å². The van der Waals surface area contributed by atoms with E-state index >= 15 is 0 Å². The van der Waals surface area contributed by atoms with Gasteiger partial charge in [0.2, 0.25) is 11.8 Å². The van der Waals surface area contributed by atoms with Gasteiger partial charge in [-0.15, -0.1) is 0 Å². The van der Waals surface area contributed by atoms with Crippen LogP contribution < -0.4 is 4.90 Å². The first kappa shape index (κ1) is 12.9. The highest BCUT2D eigenvalue weighted by Gasteiger charge is 2.67. The van der Waals surface area contributed by atoms with Gasteiger partial charge in [-0.1, -0.05) is 29.8 Å². The Labute approximate surface area is 133 Å². The smallest absolute Gasteiger partial charge is 0.238 e. The molecule has 1 heterocycles. The molecule has 1 aromatic carbocycles. The molecule has 2 bridgehead atoms. The fourth-order valence-corrected chi connectivity index (χ4v) is 5.20. The number of halogens is 1. The van der Waals surface area contributed by atoms with E-state index in [0.29, 0.717) is 22.5 Å². The molecule has 2 amide bonds. The summed E-state index contributed by atoms with van der Waals surface area (Å²) in [4.78, 5) is 27.4. The molecular formula is C18H16ClNO2. The van der Waals surface area contributed by atoms with Crippen molar-refractivity contribution in [2.75, 3.05) is 4.90 Å². The van der Waals surface area contributed by atoms with E-state index in [-0.39, 0.29) is 35.5 Å². The van der Waals surface area contributed by atoms with Gasteiger partial charge in [0, 0.05) is 5.02 Å². The number of amides is 2. The summed E-state index contributed by atoms with van der Waals surface area (Å²) in [5.74, 6) is 1.45. The van der Waals surface area contributed by atoms with Crippen molar-refractivity contribution >= 4 is 29.1 Å². The van der Waals surface area contributed by atoms with Crippen molar-refractivity contribution in [3.05, 3.63) is 40.9 Å². The molecule has 0 N–H and O–H groups in total. The van der Waals surface area contributed by atoms with Crippen molar-refractivity contribution in [3.8, 4) is 0 Å². The summed E-state index contributed by atoms with van der Waals surface area (Å²) in [6.45, 7) is 1.87. The van der Waals surface area contributed by atoms with Gasteiger partial charge in [-0.3, -0.25) is 9.59 Å². The largest absolute Gasteiger partial charge is 0.274 e. The first-order chi connectivity index (χ1) is 10.6. The van der Waals surface area contributed by atoms with Crippen molar-refractivity contribution in [2.45, 2.75) is 13.3 Å². The summed E-state index contributed by atoms with van der Waals surface area (Å²) in [5, 5.41) is 0.594. The molecule has 1 saturated heterocycles. The zero-order valence-corrected chi connectivity index (χ0v) is 13.0. The van der Waals surface area contributed by atoms with Gasteiger partial charge in [0.25, 0.3) is 0 Å². The van der Waals surface area contributed by atoms with E-state index in [1.165, 1.54) is 11.3 Å². The van der Waals surface area contributed by atoms with Crippen molar-refractivity contribution in [3.63, 3.8) is 0 Å². The zero-order chi connectivity index (χ0) is 15.2. The number of anilines is 1. The Hall–Kier alpha value is -1.61. The van der Waals surface area contributed by atoms with Crippen LogP contribution in [0.2, 0.25) is 5.02 Å². The third kappa shape index (κ3) is 1.38. The first-order valence-corrected chi connectivity index (χ1v) is 8.28. The number of allylic oxidation sites excluding steroid dienone is 2. The lowest BCUT2D eigenvalue weighted by Gasteiger charge is -2.37. The van der Waals surface area contributed by atoms with E-state index in [2.05, 4.69) is 12.2 Å². The van der Waals surface area contributed by atoms with Crippen molar-refractivity contribution in [2.24, 2.45) is 35.5 Å². The minimum atomic E-state index is -0.148. The lowest BCUT2D eigenvalue weighted by Crippen LogP contribution is -2.40. The molecule has 3 fully saturated rings. The summed E-state index contributed by atoms with van der Waals surface area (Å²) in [6.07, 6.45) is 5.57. The monoisotopic (exact) mass is 313 g/mol. The van der Waals surface area contributed by atoms with Gasteiger partial charge in [-0.25, -0.2) is 4.90 Å². The van der Waals surface area contributed by atoms with Crippen LogP contribution in [0.15, 0.2) is 30.4 Å². The topological polar surface area (TPSA) is 37.4 Å². The number of nitrogens with zero attached hydrogens (tertiary/aromatic N) is 1. The second kappa shape index (κ2) is 4.02. The maximum absolute atomic E-state index is 13.0.